The van der Waals surface area contributed by atoms with Gasteiger partial charge in [-0.1, -0.05) is 6.92 Å². The molecule has 2 aromatic heterocycles. The van der Waals surface area contributed by atoms with Crippen LogP contribution in [0.3, 0.4) is 0 Å². The topological polar surface area (TPSA) is 29.3 Å². The second-order valence-electron chi connectivity index (χ2n) is 4.67. The van der Waals surface area contributed by atoms with Crippen LogP contribution in [0.5, 0.6) is 0 Å². The molecule has 3 heterocycles. The molecular weight excluding hydrogens is 218 g/mol. The average Bonchev–Trinajstić information content (AvgIpc) is 2.93. The Morgan fingerprint density at radius 3 is 3.25 bits per heavy atom. The Hall–Kier alpha value is -0.870. The van der Waals surface area contributed by atoms with Gasteiger partial charge >= 0.3 is 0 Å². The summed E-state index contributed by atoms with van der Waals surface area (Å²) in [7, 11) is 0. The molecular formula is C12H17N3S. The molecule has 1 atom stereocenters. The molecule has 3 rings (SSSR count). The summed E-state index contributed by atoms with van der Waals surface area (Å²) in [4.78, 5) is 5.78. The number of aromatic nitrogens is 2. The molecule has 1 fully saturated rings. The Morgan fingerprint density at radius 2 is 2.56 bits per heavy atom. The van der Waals surface area contributed by atoms with Crippen molar-refractivity contribution in [2.75, 3.05) is 6.54 Å². The summed E-state index contributed by atoms with van der Waals surface area (Å²) >= 11 is 1.70. The van der Waals surface area contributed by atoms with Crippen molar-refractivity contribution >= 4 is 16.3 Å². The van der Waals surface area contributed by atoms with E-state index in [0.29, 0.717) is 5.54 Å². The van der Waals surface area contributed by atoms with Crippen LogP contribution in [0.4, 0.5) is 0 Å². The quantitative estimate of drug-likeness (QED) is 0.885. The van der Waals surface area contributed by atoms with Crippen LogP contribution in [0.1, 0.15) is 31.9 Å². The van der Waals surface area contributed by atoms with Crippen LogP contribution in [0.2, 0.25) is 0 Å². The number of nitrogens with one attached hydrogen (secondary N) is 1. The first-order valence-corrected chi connectivity index (χ1v) is 6.85. The fourth-order valence-corrected chi connectivity index (χ4v) is 3.37. The highest BCUT2D eigenvalue weighted by Gasteiger charge is 2.32. The molecule has 0 radical (unpaired) electrons. The Labute approximate surface area is 99.5 Å². The highest BCUT2D eigenvalue weighted by molar-refractivity contribution is 7.15. The maximum atomic E-state index is 4.67. The van der Waals surface area contributed by atoms with Crippen LogP contribution in [-0.2, 0) is 6.42 Å². The molecule has 0 amide bonds. The predicted molar refractivity (Wildman–Crippen MR) is 67.0 cm³/mol. The van der Waals surface area contributed by atoms with Gasteiger partial charge in [0.15, 0.2) is 4.96 Å². The van der Waals surface area contributed by atoms with E-state index in [2.05, 4.69) is 39.4 Å². The summed E-state index contributed by atoms with van der Waals surface area (Å²) in [5.74, 6) is 0. The van der Waals surface area contributed by atoms with Crippen LogP contribution in [0, 0.1) is 0 Å². The van der Waals surface area contributed by atoms with Gasteiger partial charge in [-0.2, -0.15) is 0 Å². The maximum absolute atomic E-state index is 4.67. The number of imidazole rings is 1. The molecule has 4 heteroatoms. The van der Waals surface area contributed by atoms with E-state index >= 15 is 0 Å². The molecule has 0 spiro atoms. The average molecular weight is 235 g/mol. The van der Waals surface area contributed by atoms with E-state index in [1.807, 2.05) is 0 Å². The van der Waals surface area contributed by atoms with E-state index in [4.69, 9.17) is 0 Å². The van der Waals surface area contributed by atoms with Crippen molar-refractivity contribution in [3.8, 4) is 0 Å². The van der Waals surface area contributed by atoms with E-state index in [-0.39, 0.29) is 0 Å². The molecule has 1 saturated heterocycles. The van der Waals surface area contributed by atoms with Crippen molar-refractivity contribution in [2.24, 2.45) is 0 Å². The molecule has 16 heavy (non-hydrogen) atoms. The first-order chi connectivity index (χ1) is 7.81. The lowest BCUT2D eigenvalue weighted by Crippen LogP contribution is -2.41. The molecule has 0 aliphatic carbocycles. The second kappa shape index (κ2) is 3.86. The number of rotatable bonds is 3. The number of nitrogens with zero attached hydrogens (tertiary/aromatic N) is 2. The van der Waals surface area contributed by atoms with Crippen molar-refractivity contribution in [2.45, 2.75) is 38.1 Å². The van der Waals surface area contributed by atoms with Gasteiger partial charge in [0.25, 0.3) is 0 Å². The summed E-state index contributed by atoms with van der Waals surface area (Å²) in [5, 5.41) is 5.74. The molecule has 86 valence electrons. The van der Waals surface area contributed by atoms with E-state index in [1.165, 1.54) is 25.0 Å². The van der Waals surface area contributed by atoms with Crippen LogP contribution in [0.15, 0.2) is 17.8 Å². The van der Waals surface area contributed by atoms with Gasteiger partial charge in [-0.15, -0.1) is 11.3 Å². The largest absolute Gasteiger partial charge is 0.311 e. The van der Waals surface area contributed by atoms with E-state index in [0.717, 1.165) is 17.9 Å². The predicted octanol–water partition coefficient (Wildman–Crippen LogP) is 2.47. The second-order valence-corrected chi connectivity index (χ2v) is 5.54. The fraction of sp³-hybridized carbons (Fsp3) is 0.583. The van der Waals surface area contributed by atoms with Crippen molar-refractivity contribution in [3.63, 3.8) is 0 Å². The van der Waals surface area contributed by atoms with Crippen LogP contribution in [-0.4, -0.2) is 21.5 Å². The van der Waals surface area contributed by atoms with Crippen LogP contribution < -0.4 is 5.32 Å². The normalized spacial score (nSPS) is 25.6. The van der Waals surface area contributed by atoms with Gasteiger partial charge < -0.3 is 5.32 Å². The first kappa shape index (κ1) is 10.3. The minimum absolute atomic E-state index is 0.310. The van der Waals surface area contributed by atoms with Gasteiger partial charge in [-0.3, -0.25) is 4.40 Å². The van der Waals surface area contributed by atoms with Gasteiger partial charge in [-0.25, -0.2) is 4.98 Å². The highest BCUT2D eigenvalue weighted by atomic mass is 32.1. The number of hydrogen-bond acceptors (Lipinski definition) is 3. The van der Waals surface area contributed by atoms with Crippen molar-refractivity contribution in [3.05, 3.63) is 23.5 Å². The summed E-state index contributed by atoms with van der Waals surface area (Å²) in [6.07, 6.45) is 9.10. The van der Waals surface area contributed by atoms with Gasteiger partial charge in [0.1, 0.15) is 0 Å². The first-order valence-electron chi connectivity index (χ1n) is 5.97. The zero-order valence-electron chi connectivity index (χ0n) is 9.57. The monoisotopic (exact) mass is 235 g/mol. The Balaban J connectivity index is 1.85. The fourth-order valence-electron chi connectivity index (χ4n) is 2.65. The van der Waals surface area contributed by atoms with E-state index in [9.17, 15) is 0 Å². The van der Waals surface area contributed by atoms with Crippen LogP contribution >= 0.6 is 11.3 Å². The van der Waals surface area contributed by atoms with Gasteiger partial charge in [0, 0.05) is 29.7 Å². The summed E-state index contributed by atoms with van der Waals surface area (Å²) in [5.41, 5.74) is 1.53. The zero-order valence-corrected chi connectivity index (χ0v) is 10.4. The van der Waals surface area contributed by atoms with Crippen molar-refractivity contribution in [1.82, 2.24) is 14.7 Å². The van der Waals surface area contributed by atoms with Crippen LogP contribution in [0.25, 0.3) is 4.96 Å². The molecule has 0 saturated carbocycles. The molecule has 0 bridgehead atoms. The lowest BCUT2D eigenvalue weighted by Gasteiger charge is -2.27. The molecule has 3 nitrogen and oxygen atoms in total. The SMILES string of the molecule is CCC1(Cc2cn3ccsc3n2)CCCN1. The highest BCUT2D eigenvalue weighted by Crippen LogP contribution is 2.27. The number of hydrogen-bond donors (Lipinski definition) is 1. The van der Waals surface area contributed by atoms with E-state index < -0.39 is 0 Å². The van der Waals surface area contributed by atoms with Gasteiger partial charge in [0.05, 0.1) is 5.69 Å². The molecule has 1 unspecified atom stereocenters. The standard InChI is InChI=1S/C12H17N3S/c1-2-12(4-3-5-13-12)8-10-9-15-6-7-16-11(15)14-10/h6-7,9,13H,2-5,8H2,1H3. The molecule has 1 N–H and O–H groups in total. The Bertz CT molecular complexity index is 451. The third-order valence-corrected chi connectivity index (χ3v) is 4.44. The maximum Gasteiger partial charge on any atom is 0.193 e. The Kier molecular flexibility index (Phi) is 2.48. The number of thiazole rings is 1. The molecule has 1 aliphatic rings. The minimum Gasteiger partial charge on any atom is -0.311 e. The molecule has 0 aromatic carbocycles. The molecule has 1 aliphatic heterocycles. The summed E-state index contributed by atoms with van der Waals surface area (Å²) in [6.45, 7) is 3.44. The molecule has 2 aromatic rings. The Morgan fingerprint density at radius 1 is 1.62 bits per heavy atom. The lowest BCUT2D eigenvalue weighted by molar-refractivity contribution is 0.357. The van der Waals surface area contributed by atoms with Crippen molar-refractivity contribution in [1.29, 1.82) is 0 Å². The zero-order chi connectivity index (χ0) is 11.0. The summed E-state index contributed by atoms with van der Waals surface area (Å²) < 4.78 is 2.12. The van der Waals surface area contributed by atoms with E-state index in [1.54, 1.807) is 11.3 Å². The smallest absolute Gasteiger partial charge is 0.193 e. The van der Waals surface area contributed by atoms with Gasteiger partial charge in [0.2, 0.25) is 0 Å². The third kappa shape index (κ3) is 1.66. The van der Waals surface area contributed by atoms with Gasteiger partial charge in [-0.05, 0) is 25.8 Å². The number of fused-ring (bicyclic) bond motifs is 1. The van der Waals surface area contributed by atoms with Crippen molar-refractivity contribution < 1.29 is 0 Å². The summed E-state index contributed by atoms with van der Waals surface area (Å²) in [6, 6.07) is 0. The third-order valence-electron chi connectivity index (χ3n) is 3.67. The lowest BCUT2D eigenvalue weighted by atomic mass is 9.89. The minimum atomic E-state index is 0.310.